The maximum atomic E-state index is 12.2. The average Bonchev–Trinajstić information content (AvgIpc) is 2.82. The van der Waals surface area contributed by atoms with E-state index >= 15 is 0 Å². The predicted molar refractivity (Wildman–Crippen MR) is 76.4 cm³/mol. The number of nitrogens with two attached hydrogens (primary N) is 1. The molecule has 0 aliphatic heterocycles. The summed E-state index contributed by atoms with van der Waals surface area (Å²) in [6.45, 7) is 0.266. The highest BCUT2D eigenvalue weighted by Crippen LogP contribution is 2.15. The number of anilines is 1. The van der Waals surface area contributed by atoms with Crippen LogP contribution in [0.4, 0.5) is 5.82 Å². The molecular weight excluding hydrogens is 276 g/mol. The standard InChI is InChI=1S/C13H14N4O2S/c1-17-13(8-10-15-17)16-20(18,19)12-6-4-11(5-7-12)3-2-9-14/h4-8,10,16H,9,14H2,1H3. The van der Waals surface area contributed by atoms with Crippen molar-refractivity contribution in [3.63, 3.8) is 0 Å². The number of hydrogen-bond donors (Lipinski definition) is 2. The topological polar surface area (TPSA) is 90.0 Å². The zero-order valence-corrected chi connectivity index (χ0v) is 11.7. The molecule has 0 bridgehead atoms. The summed E-state index contributed by atoms with van der Waals surface area (Å²) in [6.07, 6.45) is 1.52. The third kappa shape index (κ3) is 3.17. The van der Waals surface area contributed by atoms with Crippen molar-refractivity contribution in [3.8, 4) is 11.8 Å². The number of nitrogens with zero attached hydrogens (tertiary/aromatic N) is 2. The third-order valence-corrected chi connectivity index (χ3v) is 3.93. The second-order valence-corrected chi connectivity index (χ2v) is 5.66. The molecule has 0 radical (unpaired) electrons. The Hall–Kier alpha value is -2.30. The summed E-state index contributed by atoms with van der Waals surface area (Å²) in [4.78, 5) is 0.164. The van der Waals surface area contributed by atoms with E-state index in [0.29, 0.717) is 5.82 Å². The SMILES string of the molecule is Cn1nccc1NS(=O)(=O)c1ccc(C#CCN)cc1. The maximum Gasteiger partial charge on any atom is 0.263 e. The molecule has 0 spiro atoms. The molecule has 0 saturated carbocycles. The summed E-state index contributed by atoms with van der Waals surface area (Å²) in [6, 6.07) is 7.86. The van der Waals surface area contributed by atoms with Gasteiger partial charge in [-0.3, -0.25) is 9.40 Å². The van der Waals surface area contributed by atoms with E-state index in [1.54, 1.807) is 25.2 Å². The molecule has 0 atom stereocenters. The molecule has 20 heavy (non-hydrogen) atoms. The Balaban J connectivity index is 2.24. The van der Waals surface area contributed by atoms with Crippen molar-refractivity contribution in [2.75, 3.05) is 11.3 Å². The van der Waals surface area contributed by atoms with Crippen molar-refractivity contribution in [2.45, 2.75) is 4.90 Å². The predicted octanol–water partition coefficient (Wildman–Crippen LogP) is 0.531. The Morgan fingerprint density at radius 1 is 1.30 bits per heavy atom. The molecule has 0 aliphatic carbocycles. The molecule has 104 valence electrons. The number of sulfonamides is 1. The van der Waals surface area contributed by atoms with Crippen LogP contribution >= 0.6 is 0 Å². The van der Waals surface area contributed by atoms with E-state index in [4.69, 9.17) is 5.73 Å². The molecule has 0 aliphatic rings. The summed E-state index contributed by atoms with van der Waals surface area (Å²) < 4.78 is 28.2. The number of aromatic nitrogens is 2. The van der Waals surface area contributed by atoms with Gasteiger partial charge in [-0.15, -0.1) is 0 Å². The summed E-state index contributed by atoms with van der Waals surface area (Å²) in [7, 11) is -1.97. The normalized spacial score (nSPS) is 10.7. The fourth-order valence-electron chi connectivity index (χ4n) is 1.54. The quantitative estimate of drug-likeness (QED) is 0.807. The van der Waals surface area contributed by atoms with Gasteiger partial charge >= 0.3 is 0 Å². The van der Waals surface area contributed by atoms with Gasteiger partial charge in [-0.25, -0.2) is 8.42 Å². The molecular formula is C13H14N4O2S. The lowest BCUT2D eigenvalue weighted by molar-refractivity contribution is 0.600. The second-order valence-electron chi connectivity index (χ2n) is 3.98. The summed E-state index contributed by atoms with van der Waals surface area (Å²) in [5.41, 5.74) is 6.00. The number of benzene rings is 1. The first-order valence-corrected chi connectivity index (χ1v) is 7.31. The van der Waals surface area contributed by atoms with E-state index in [1.807, 2.05) is 0 Å². The van der Waals surface area contributed by atoms with Crippen LogP contribution < -0.4 is 10.5 Å². The number of rotatable bonds is 3. The monoisotopic (exact) mass is 290 g/mol. The largest absolute Gasteiger partial charge is 0.320 e. The van der Waals surface area contributed by atoms with Crippen LogP contribution in [-0.4, -0.2) is 24.7 Å². The second kappa shape index (κ2) is 5.77. The van der Waals surface area contributed by atoms with Crippen molar-refractivity contribution in [3.05, 3.63) is 42.1 Å². The Morgan fingerprint density at radius 3 is 2.55 bits per heavy atom. The van der Waals surface area contributed by atoms with Crippen LogP contribution in [0.3, 0.4) is 0 Å². The van der Waals surface area contributed by atoms with E-state index in [9.17, 15) is 8.42 Å². The highest BCUT2D eigenvalue weighted by Gasteiger charge is 2.15. The van der Waals surface area contributed by atoms with Crippen LogP contribution in [-0.2, 0) is 17.1 Å². The van der Waals surface area contributed by atoms with Crippen LogP contribution in [0, 0.1) is 11.8 Å². The molecule has 3 N–H and O–H groups in total. The number of aryl methyl sites for hydroxylation is 1. The lowest BCUT2D eigenvalue weighted by Crippen LogP contribution is -2.15. The molecule has 7 heteroatoms. The molecule has 1 aromatic carbocycles. The minimum atomic E-state index is -3.63. The van der Waals surface area contributed by atoms with E-state index < -0.39 is 10.0 Å². The van der Waals surface area contributed by atoms with Crippen molar-refractivity contribution in [1.82, 2.24) is 9.78 Å². The van der Waals surface area contributed by atoms with E-state index in [0.717, 1.165) is 5.56 Å². The Bertz CT molecular complexity index is 752. The first kappa shape index (κ1) is 14.1. The lowest BCUT2D eigenvalue weighted by Gasteiger charge is -2.07. The fourth-order valence-corrected chi connectivity index (χ4v) is 2.63. The minimum Gasteiger partial charge on any atom is -0.320 e. The zero-order valence-electron chi connectivity index (χ0n) is 10.9. The fraction of sp³-hybridized carbons (Fsp3) is 0.154. The Labute approximate surface area is 117 Å². The van der Waals surface area contributed by atoms with Crippen molar-refractivity contribution in [2.24, 2.45) is 12.8 Å². The van der Waals surface area contributed by atoms with Crippen molar-refractivity contribution in [1.29, 1.82) is 0 Å². The van der Waals surface area contributed by atoms with Gasteiger partial charge in [0.25, 0.3) is 10.0 Å². The summed E-state index contributed by atoms with van der Waals surface area (Å²) in [5.74, 6) is 5.94. The van der Waals surface area contributed by atoms with Crippen LogP contribution in [0.1, 0.15) is 5.56 Å². The molecule has 1 aromatic heterocycles. The average molecular weight is 290 g/mol. The molecule has 6 nitrogen and oxygen atoms in total. The van der Waals surface area contributed by atoms with Gasteiger partial charge in [0.2, 0.25) is 0 Å². The van der Waals surface area contributed by atoms with Gasteiger partial charge in [0.1, 0.15) is 5.82 Å². The number of nitrogens with one attached hydrogen (secondary N) is 1. The van der Waals surface area contributed by atoms with Crippen LogP contribution in [0.5, 0.6) is 0 Å². The number of hydrogen-bond acceptors (Lipinski definition) is 4. The molecule has 0 fully saturated rings. The Kier molecular flexibility index (Phi) is 4.08. The molecule has 0 saturated heterocycles. The van der Waals surface area contributed by atoms with Crippen molar-refractivity contribution < 1.29 is 8.42 Å². The molecule has 0 amide bonds. The summed E-state index contributed by atoms with van der Waals surface area (Å²) >= 11 is 0. The first-order chi connectivity index (χ1) is 9.53. The van der Waals surface area contributed by atoms with Gasteiger partial charge in [0, 0.05) is 18.7 Å². The van der Waals surface area contributed by atoms with Crippen LogP contribution in [0.15, 0.2) is 41.4 Å². The van der Waals surface area contributed by atoms with Crippen LogP contribution in [0.2, 0.25) is 0 Å². The zero-order chi connectivity index (χ0) is 14.6. The first-order valence-electron chi connectivity index (χ1n) is 5.83. The van der Waals surface area contributed by atoms with Gasteiger partial charge in [-0.2, -0.15) is 5.10 Å². The van der Waals surface area contributed by atoms with E-state index in [2.05, 4.69) is 21.7 Å². The van der Waals surface area contributed by atoms with Gasteiger partial charge in [-0.05, 0) is 24.3 Å². The highest BCUT2D eigenvalue weighted by atomic mass is 32.2. The van der Waals surface area contributed by atoms with Gasteiger partial charge < -0.3 is 5.73 Å². The molecule has 1 heterocycles. The van der Waals surface area contributed by atoms with E-state index in [1.165, 1.54) is 23.0 Å². The molecule has 2 aromatic rings. The lowest BCUT2D eigenvalue weighted by atomic mass is 10.2. The van der Waals surface area contributed by atoms with Gasteiger partial charge in [0.15, 0.2) is 0 Å². The molecule has 2 rings (SSSR count). The smallest absolute Gasteiger partial charge is 0.263 e. The third-order valence-electron chi connectivity index (χ3n) is 2.56. The van der Waals surface area contributed by atoms with Gasteiger partial charge in [0.05, 0.1) is 17.6 Å². The highest BCUT2D eigenvalue weighted by molar-refractivity contribution is 7.92. The summed E-state index contributed by atoms with van der Waals surface area (Å²) in [5, 5.41) is 3.90. The molecule has 0 unspecified atom stereocenters. The minimum absolute atomic E-state index is 0.164. The van der Waals surface area contributed by atoms with E-state index in [-0.39, 0.29) is 11.4 Å². The van der Waals surface area contributed by atoms with Crippen LogP contribution in [0.25, 0.3) is 0 Å². The maximum absolute atomic E-state index is 12.2. The van der Waals surface area contributed by atoms with Crippen molar-refractivity contribution >= 4 is 15.8 Å². The Morgan fingerprint density at radius 2 is 2.00 bits per heavy atom. The van der Waals surface area contributed by atoms with Gasteiger partial charge in [-0.1, -0.05) is 11.8 Å².